The number of carbonyl (C=O) groups excluding carboxylic acids is 1. The fraction of sp³-hybridized carbons (Fsp3) is 0.429. The third kappa shape index (κ3) is 5.00. The highest BCUT2D eigenvalue weighted by atomic mass is 32.1. The molecule has 1 aliphatic rings. The summed E-state index contributed by atoms with van der Waals surface area (Å²) in [5.74, 6) is 1.20. The molecular weight excluding hydrogens is 386 g/mol. The molecule has 8 heteroatoms. The molecule has 152 valence electrons. The Bertz CT molecular complexity index is 994. The first-order chi connectivity index (χ1) is 14.2. The van der Waals surface area contributed by atoms with Gasteiger partial charge in [0, 0.05) is 43.2 Å². The normalized spacial score (nSPS) is 16.2. The van der Waals surface area contributed by atoms with E-state index in [0.717, 1.165) is 37.1 Å². The van der Waals surface area contributed by atoms with Crippen LogP contribution in [0.5, 0.6) is 0 Å². The maximum Gasteiger partial charge on any atom is 0.346 e. The van der Waals surface area contributed by atoms with Gasteiger partial charge >= 0.3 is 5.69 Å². The van der Waals surface area contributed by atoms with Crippen LogP contribution in [-0.2, 0) is 30.7 Å². The minimum atomic E-state index is -0.0788. The summed E-state index contributed by atoms with van der Waals surface area (Å²) in [5.41, 5.74) is 0.879. The minimum absolute atomic E-state index is 0.0788. The van der Waals surface area contributed by atoms with Crippen molar-refractivity contribution in [3.8, 4) is 0 Å². The maximum absolute atomic E-state index is 12.7. The number of thiophene rings is 1. The lowest BCUT2D eigenvalue weighted by molar-refractivity contribution is -0.122. The van der Waals surface area contributed by atoms with Crippen molar-refractivity contribution in [3.05, 3.63) is 68.8 Å². The summed E-state index contributed by atoms with van der Waals surface area (Å²) in [5, 5.41) is 9.61. The molecule has 3 aromatic heterocycles. The van der Waals surface area contributed by atoms with Crippen molar-refractivity contribution >= 4 is 17.2 Å². The number of pyridine rings is 1. The SMILES string of the molecule is O=C(CC1CCc2nn(Cc3cccnc3)c(=O)n2CC1)NCCc1cccs1. The van der Waals surface area contributed by atoms with E-state index in [9.17, 15) is 9.59 Å². The minimum Gasteiger partial charge on any atom is -0.356 e. The Kier molecular flexibility index (Phi) is 6.19. The van der Waals surface area contributed by atoms with Gasteiger partial charge in [-0.1, -0.05) is 12.1 Å². The Morgan fingerprint density at radius 1 is 1.28 bits per heavy atom. The molecule has 4 heterocycles. The van der Waals surface area contributed by atoms with Crippen molar-refractivity contribution in [2.75, 3.05) is 6.54 Å². The Morgan fingerprint density at radius 2 is 2.21 bits per heavy atom. The van der Waals surface area contributed by atoms with E-state index in [1.54, 1.807) is 28.3 Å². The van der Waals surface area contributed by atoms with Gasteiger partial charge in [0.25, 0.3) is 0 Å². The third-order valence-electron chi connectivity index (χ3n) is 5.34. The van der Waals surface area contributed by atoms with Gasteiger partial charge in [-0.2, -0.15) is 5.10 Å². The van der Waals surface area contributed by atoms with Gasteiger partial charge in [0.15, 0.2) is 0 Å². The number of nitrogens with zero attached hydrogens (tertiary/aromatic N) is 4. The van der Waals surface area contributed by atoms with Crippen LogP contribution in [0.1, 0.15) is 35.5 Å². The monoisotopic (exact) mass is 411 g/mol. The molecular formula is C21H25N5O2S. The van der Waals surface area contributed by atoms with Gasteiger partial charge in [0.1, 0.15) is 5.82 Å². The van der Waals surface area contributed by atoms with E-state index in [2.05, 4.69) is 26.8 Å². The van der Waals surface area contributed by atoms with Gasteiger partial charge in [-0.05, 0) is 48.3 Å². The first kappa shape index (κ1) is 19.6. The molecule has 1 atom stereocenters. The molecule has 7 nitrogen and oxygen atoms in total. The number of hydrogen-bond acceptors (Lipinski definition) is 5. The van der Waals surface area contributed by atoms with Crippen molar-refractivity contribution in [1.29, 1.82) is 0 Å². The van der Waals surface area contributed by atoms with Crippen LogP contribution in [0.2, 0.25) is 0 Å². The summed E-state index contributed by atoms with van der Waals surface area (Å²) < 4.78 is 3.29. The molecule has 0 bridgehead atoms. The van der Waals surface area contributed by atoms with E-state index in [4.69, 9.17) is 0 Å². The zero-order chi connectivity index (χ0) is 20.1. The van der Waals surface area contributed by atoms with Gasteiger partial charge < -0.3 is 5.32 Å². The molecule has 0 radical (unpaired) electrons. The first-order valence-corrected chi connectivity index (χ1v) is 10.9. The summed E-state index contributed by atoms with van der Waals surface area (Å²) in [4.78, 5) is 30.4. The van der Waals surface area contributed by atoms with Crippen LogP contribution >= 0.6 is 11.3 Å². The van der Waals surface area contributed by atoms with Crippen molar-refractivity contribution in [2.45, 2.75) is 45.2 Å². The summed E-state index contributed by atoms with van der Waals surface area (Å²) in [7, 11) is 0. The second kappa shape index (κ2) is 9.17. The highest BCUT2D eigenvalue weighted by molar-refractivity contribution is 7.09. The van der Waals surface area contributed by atoms with Gasteiger partial charge in [-0.25, -0.2) is 9.48 Å². The second-order valence-corrected chi connectivity index (χ2v) is 8.48. The average molecular weight is 412 g/mol. The third-order valence-corrected chi connectivity index (χ3v) is 6.28. The maximum atomic E-state index is 12.7. The van der Waals surface area contributed by atoms with Crippen LogP contribution < -0.4 is 11.0 Å². The van der Waals surface area contributed by atoms with Crippen LogP contribution in [0.4, 0.5) is 0 Å². The fourth-order valence-electron chi connectivity index (χ4n) is 3.77. The lowest BCUT2D eigenvalue weighted by atomic mass is 9.96. The predicted molar refractivity (Wildman–Crippen MR) is 112 cm³/mol. The largest absolute Gasteiger partial charge is 0.356 e. The van der Waals surface area contributed by atoms with E-state index < -0.39 is 0 Å². The van der Waals surface area contributed by atoms with Crippen molar-refractivity contribution in [1.82, 2.24) is 24.6 Å². The molecule has 0 saturated carbocycles. The van der Waals surface area contributed by atoms with E-state index in [-0.39, 0.29) is 17.5 Å². The number of aromatic nitrogens is 4. The Morgan fingerprint density at radius 3 is 3.00 bits per heavy atom. The lowest BCUT2D eigenvalue weighted by Crippen LogP contribution is -2.28. The lowest BCUT2D eigenvalue weighted by Gasteiger charge is -2.13. The molecule has 0 saturated heterocycles. The zero-order valence-corrected chi connectivity index (χ0v) is 17.1. The van der Waals surface area contributed by atoms with E-state index in [1.165, 1.54) is 9.56 Å². The molecule has 0 aliphatic carbocycles. The molecule has 29 heavy (non-hydrogen) atoms. The summed E-state index contributed by atoms with van der Waals surface area (Å²) >= 11 is 1.71. The van der Waals surface area contributed by atoms with Gasteiger partial charge in [0.2, 0.25) is 5.91 Å². The van der Waals surface area contributed by atoms with Gasteiger partial charge in [-0.3, -0.25) is 14.3 Å². The van der Waals surface area contributed by atoms with Gasteiger partial charge in [0.05, 0.1) is 6.54 Å². The molecule has 3 aromatic rings. The van der Waals surface area contributed by atoms with Crippen LogP contribution in [0.15, 0.2) is 46.8 Å². The molecule has 1 N–H and O–H groups in total. The van der Waals surface area contributed by atoms with Crippen molar-refractivity contribution < 1.29 is 4.79 Å². The van der Waals surface area contributed by atoms with E-state index in [0.29, 0.717) is 26.1 Å². The number of carbonyl (C=O) groups is 1. The summed E-state index contributed by atoms with van der Waals surface area (Å²) in [6.07, 6.45) is 7.28. The number of rotatable bonds is 7. The fourth-order valence-corrected chi connectivity index (χ4v) is 4.48. The van der Waals surface area contributed by atoms with Crippen LogP contribution in [-0.4, -0.2) is 31.8 Å². The average Bonchev–Trinajstić information content (AvgIpc) is 3.28. The topological polar surface area (TPSA) is 81.8 Å². The molecule has 4 rings (SSSR count). The highest BCUT2D eigenvalue weighted by Gasteiger charge is 2.22. The van der Waals surface area contributed by atoms with Crippen LogP contribution in [0.3, 0.4) is 0 Å². The molecule has 1 aliphatic heterocycles. The predicted octanol–water partition coefficient (Wildman–Crippen LogP) is 2.25. The number of aryl methyl sites for hydroxylation is 1. The molecule has 1 unspecified atom stereocenters. The van der Waals surface area contributed by atoms with Crippen molar-refractivity contribution in [3.63, 3.8) is 0 Å². The Hall–Kier alpha value is -2.74. The molecule has 0 aromatic carbocycles. The number of fused-ring (bicyclic) bond motifs is 1. The van der Waals surface area contributed by atoms with E-state index in [1.807, 2.05) is 18.2 Å². The quantitative estimate of drug-likeness (QED) is 0.647. The van der Waals surface area contributed by atoms with E-state index >= 15 is 0 Å². The second-order valence-electron chi connectivity index (χ2n) is 7.45. The standard InChI is InChI=1S/C21H25N5O2S/c27-20(23-10-7-18-4-2-12-29-18)13-16-5-6-19-24-26(21(28)25(19)11-8-16)15-17-3-1-9-22-14-17/h1-4,9,12,14,16H,5-8,10-11,13,15H2,(H,23,27). The Labute approximate surface area is 173 Å². The smallest absolute Gasteiger partial charge is 0.346 e. The van der Waals surface area contributed by atoms with Crippen molar-refractivity contribution in [2.24, 2.45) is 5.92 Å². The highest BCUT2D eigenvalue weighted by Crippen LogP contribution is 2.21. The summed E-state index contributed by atoms with van der Waals surface area (Å²) in [6, 6.07) is 7.92. The number of amides is 1. The number of nitrogens with one attached hydrogen (secondary N) is 1. The van der Waals surface area contributed by atoms with Gasteiger partial charge in [-0.15, -0.1) is 11.3 Å². The number of hydrogen-bond donors (Lipinski definition) is 1. The zero-order valence-electron chi connectivity index (χ0n) is 16.3. The molecule has 0 fully saturated rings. The molecule has 0 spiro atoms. The van der Waals surface area contributed by atoms with Crippen LogP contribution in [0.25, 0.3) is 0 Å². The summed E-state index contributed by atoms with van der Waals surface area (Å²) in [6.45, 7) is 1.73. The Balaban J connectivity index is 1.29. The molecule has 1 amide bonds. The first-order valence-electron chi connectivity index (χ1n) is 10.0. The van der Waals surface area contributed by atoms with Crippen LogP contribution in [0, 0.1) is 5.92 Å².